The van der Waals surface area contributed by atoms with Gasteiger partial charge in [-0.3, -0.25) is 0 Å². The fraction of sp³-hybridized carbons (Fsp3) is 0.600. The Morgan fingerprint density at radius 3 is 2.22 bits per heavy atom. The minimum Gasteiger partial charge on any atom is -0.496 e. The monoisotopic (exact) mass is 250 g/mol. The zero-order valence-electron chi connectivity index (χ0n) is 12.0. The predicted molar refractivity (Wildman–Crippen MR) is 77.1 cm³/mol. The van der Waals surface area contributed by atoms with Crippen LogP contribution in [0.3, 0.4) is 0 Å². The molecule has 1 aromatic carbocycles. The normalized spacial score (nSPS) is 12.8. The molecule has 18 heavy (non-hydrogen) atoms. The molecule has 3 nitrogen and oxygen atoms in total. The number of hydrogen-bond donors (Lipinski definition) is 2. The fourth-order valence-corrected chi connectivity index (χ4v) is 2.48. The summed E-state index contributed by atoms with van der Waals surface area (Å²) < 4.78 is 5.34. The van der Waals surface area contributed by atoms with Gasteiger partial charge in [0.25, 0.3) is 0 Å². The molecule has 0 spiro atoms. The van der Waals surface area contributed by atoms with Crippen LogP contribution in [0.15, 0.2) is 12.1 Å². The number of ether oxygens (including phenoxy) is 1. The average Bonchev–Trinajstić information content (AvgIpc) is 2.37. The summed E-state index contributed by atoms with van der Waals surface area (Å²) in [6.07, 6.45) is 1.04. The van der Waals surface area contributed by atoms with E-state index in [1.165, 1.54) is 16.7 Å². The lowest BCUT2D eigenvalue weighted by atomic mass is 9.87. The standard InChI is InChI=1S/C15H26N2O/c1-10(5-13(8-16)9-17)14-6-12(3)15(18-4)7-11(14)2/h6-7,10,13H,5,8-9,16-17H2,1-4H3. The van der Waals surface area contributed by atoms with E-state index in [2.05, 4.69) is 32.9 Å². The van der Waals surface area contributed by atoms with Gasteiger partial charge in [-0.05, 0) is 68.0 Å². The van der Waals surface area contributed by atoms with Crippen LogP contribution >= 0.6 is 0 Å². The van der Waals surface area contributed by atoms with Crippen molar-refractivity contribution < 1.29 is 4.74 Å². The molecule has 0 saturated carbocycles. The summed E-state index contributed by atoms with van der Waals surface area (Å²) in [4.78, 5) is 0. The van der Waals surface area contributed by atoms with E-state index in [1.807, 2.05) is 0 Å². The molecule has 102 valence electrons. The van der Waals surface area contributed by atoms with Crippen LogP contribution in [0.2, 0.25) is 0 Å². The third kappa shape index (κ3) is 3.47. The highest BCUT2D eigenvalue weighted by molar-refractivity contribution is 5.42. The molecule has 0 saturated heterocycles. The molecule has 3 heteroatoms. The van der Waals surface area contributed by atoms with E-state index in [1.54, 1.807) is 7.11 Å². The van der Waals surface area contributed by atoms with E-state index in [0.717, 1.165) is 12.2 Å². The van der Waals surface area contributed by atoms with Crippen LogP contribution in [0.1, 0.15) is 36.0 Å². The van der Waals surface area contributed by atoms with Gasteiger partial charge in [-0.2, -0.15) is 0 Å². The number of methoxy groups -OCH3 is 1. The third-order valence-electron chi connectivity index (χ3n) is 3.67. The van der Waals surface area contributed by atoms with Crippen molar-refractivity contribution in [3.05, 3.63) is 28.8 Å². The highest BCUT2D eigenvalue weighted by Gasteiger charge is 2.15. The minimum atomic E-state index is 0.404. The molecule has 0 heterocycles. The minimum absolute atomic E-state index is 0.404. The molecule has 0 aliphatic rings. The molecular weight excluding hydrogens is 224 g/mol. The maximum Gasteiger partial charge on any atom is 0.122 e. The highest BCUT2D eigenvalue weighted by atomic mass is 16.5. The van der Waals surface area contributed by atoms with Gasteiger partial charge in [0.15, 0.2) is 0 Å². The molecule has 0 radical (unpaired) electrons. The number of aryl methyl sites for hydroxylation is 2. The second kappa shape index (κ2) is 6.76. The van der Waals surface area contributed by atoms with Crippen LogP contribution in [-0.2, 0) is 0 Å². The molecule has 4 N–H and O–H groups in total. The Morgan fingerprint density at radius 1 is 1.11 bits per heavy atom. The lowest BCUT2D eigenvalue weighted by Crippen LogP contribution is -2.24. The number of benzene rings is 1. The average molecular weight is 250 g/mol. The van der Waals surface area contributed by atoms with E-state index >= 15 is 0 Å². The first kappa shape index (κ1) is 15.0. The Kier molecular flexibility index (Phi) is 5.63. The molecule has 0 aromatic heterocycles. The van der Waals surface area contributed by atoms with Gasteiger partial charge in [-0.15, -0.1) is 0 Å². The van der Waals surface area contributed by atoms with Crippen LogP contribution < -0.4 is 16.2 Å². The molecule has 1 atom stereocenters. The second-order valence-electron chi connectivity index (χ2n) is 5.15. The van der Waals surface area contributed by atoms with Gasteiger partial charge in [0.2, 0.25) is 0 Å². The van der Waals surface area contributed by atoms with Crippen molar-refractivity contribution in [1.82, 2.24) is 0 Å². The van der Waals surface area contributed by atoms with E-state index < -0.39 is 0 Å². The van der Waals surface area contributed by atoms with Crippen LogP contribution in [0, 0.1) is 19.8 Å². The quantitative estimate of drug-likeness (QED) is 0.814. The Balaban J connectivity index is 2.92. The zero-order valence-corrected chi connectivity index (χ0v) is 12.0. The third-order valence-corrected chi connectivity index (χ3v) is 3.67. The maximum absolute atomic E-state index is 5.72. The largest absolute Gasteiger partial charge is 0.496 e. The lowest BCUT2D eigenvalue weighted by molar-refractivity contribution is 0.410. The summed E-state index contributed by atoms with van der Waals surface area (Å²) in [7, 11) is 1.71. The Bertz CT molecular complexity index is 386. The molecule has 0 fully saturated rings. The van der Waals surface area contributed by atoms with Crippen LogP contribution in [-0.4, -0.2) is 20.2 Å². The number of nitrogens with two attached hydrogens (primary N) is 2. The molecule has 1 aromatic rings. The number of rotatable bonds is 6. The summed E-state index contributed by atoms with van der Waals surface area (Å²) in [6.45, 7) is 7.78. The van der Waals surface area contributed by atoms with Crippen LogP contribution in [0.5, 0.6) is 5.75 Å². The van der Waals surface area contributed by atoms with Crippen molar-refractivity contribution in [1.29, 1.82) is 0 Å². The van der Waals surface area contributed by atoms with E-state index in [4.69, 9.17) is 16.2 Å². The van der Waals surface area contributed by atoms with E-state index in [0.29, 0.717) is 24.9 Å². The van der Waals surface area contributed by atoms with Gasteiger partial charge in [0.1, 0.15) is 5.75 Å². The maximum atomic E-state index is 5.72. The smallest absolute Gasteiger partial charge is 0.122 e. The fourth-order valence-electron chi connectivity index (χ4n) is 2.48. The number of hydrogen-bond acceptors (Lipinski definition) is 3. The van der Waals surface area contributed by atoms with E-state index in [9.17, 15) is 0 Å². The summed E-state index contributed by atoms with van der Waals surface area (Å²) in [5, 5.41) is 0. The Morgan fingerprint density at radius 2 is 1.72 bits per heavy atom. The molecule has 1 unspecified atom stereocenters. The summed E-state index contributed by atoms with van der Waals surface area (Å²) >= 11 is 0. The van der Waals surface area contributed by atoms with Crippen LogP contribution in [0.4, 0.5) is 0 Å². The van der Waals surface area contributed by atoms with Crippen molar-refractivity contribution in [3.63, 3.8) is 0 Å². The van der Waals surface area contributed by atoms with Gasteiger partial charge < -0.3 is 16.2 Å². The summed E-state index contributed by atoms with van der Waals surface area (Å²) in [5.74, 6) is 1.84. The zero-order chi connectivity index (χ0) is 13.7. The van der Waals surface area contributed by atoms with Gasteiger partial charge in [0, 0.05) is 0 Å². The first-order valence-electron chi connectivity index (χ1n) is 6.58. The summed E-state index contributed by atoms with van der Waals surface area (Å²) in [5.41, 5.74) is 15.3. The topological polar surface area (TPSA) is 61.3 Å². The Hall–Kier alpha value is -1.06. The van der Waals surface area contributed by atoms with Crippen molar-refractivity contribution in [2.45, 2.75) is 33.1 Å². The lowest BCUT2D eigenvalue weighted by Gasteiger charge is -2.21. The van der Waals surface area contributed by atoms with E-state index in [-0.39, 0.29) is 0 Å². The van der Waals surface area contributed by atoms with Crippen molar-refractivity contribution in [2.75, 3.05) is 20.2 Å². The first-order chi connectivity index (χ1) is 8.53. The van der Waals surface area contributed by atoms with Crippen molar-refractivity contribution >= 4 is 0 Å². The van der Waals surface area contributed by atoms with Gasteiger partial charge in [-0.1, -0.05) is 13.0 Å². The van der Waals surface area contributed by atoms with Crippen molar-refractivity contribution in [2.24, 2.45) is 17.4 Å². The van der Waals surface area contributed by atoms with Gasteiger partial charge in [0.05, 0.1) is 7.11 Å². The van der Waals surface area contributed by atoms with Crippen molar-refractivity contribution in [3.8, 4) is 5.75 Å². The molecule has 0 aliphatic heterocycles. The van der Waals surface area contributed by atoms with Crippen LogP contribution in [0.25, 0.3) is 0 Å². The summed E-state index contributed by atoms with van der Waals surface area (Å²) in [6, 6.07) is 4.34. The Labute approximate surface area is 111 Å². The SMILES string of the molecule is COc1cc(C)c(C(C)CC(CN)CN)cc1C. The van der Waals surface area contributed by atoms with Gasteiger partial charge >= 0.3 is 0 Å². The predicted octanol–water partition coefficient (Wildman–Crippen LogP) is 2.34. The molecule has 0 amide bonds. The highest BCUT2D eigenvalue weighted by Crippen LogP contribution is 2.30. The molecule has 0 aliphatic carbocycles. The molecular formula is C15H26N2O. The van der Waals surface area contributed by atoms with Gasteiger partial charge in [-0.25, -0.2) is 0 Å². The molecule has 1 rings (SSSR count). The molecule has 0 bridgehead atoms. The second-order valence-corrected chi connectivity index (χ2v) is 5.15. The first-order valence-corrected chi connectivity index (χ1v) is 6.58.